The highest BCUT2D eigenvalue weighted by molar-refractivity contribution is 8.05. The van der Waals surface area contributed by atoms with Gasteiger partial charge in [-0.1, -0.05) is 11.8 Å². The van der Waals surface area contributed by atoms with E-state index >= 15 is 0 Å². The molecule has 12 heteroatoms. The monoisotopic (exact) mass is 392 g/mol. The van der Waals surface area contributed by atoms with Crippen LogP contribution in [0.25, 0.3) is 0 Å². The molecule has 2 aliphatic heterocycles. The van der Waals surface area contributed by atoms with E-state index < -0.39 is 40.3 Å². The number of hydrogen-bond acceptors (Lipinski definition) is 7. The highest BCUT2D eigenvalue weighted by Gasteiger charge is 2.57. The lowest BCUT2D eigenvalue weighted by Crippen LogP contribution is -2.62. The number of carbonyl (C=O) groups is 3. The van der Waals surface area contributed by atoms with Crippen molar-refractivity contribution in [3.63, 3.8) is 0 Å². The molecule has 0 aromatic heterocycles. The van der Waals surface area contributed by atoms with Crippen molar-refractivity contribution in [3.8, 4) is 0 Å². The van der Waals surface area contributed by atoms with Gasteiger partial charge >= 0.3 is 16.4 Å². The predicted molar refractivity (Wildman–Crippen MR) is 86.0 cm³/mol. The maximum Gasteiger partial charge on any atom is 0.397 e. The molecule has 0 aromatic rings. The lowest BCUT2D eigenvalue weighted by atomic mass is 9.83. The Kier molecular flexibility index (Phi) is 5.56. The topological polar surface area (TPSA) is 150 Å². The SMILES string of the molecule is CC(=O)NC=CSC1=C(C(=O)O)N2C(=O)[C@@H]([C@H](C)OS(=O)(=O)O)[C@@H]2C1. The van der Waals surface area contributed by atoms with E-state index in [9.17, 15) is 27.9 Å². The van der Waals surface area contributed by atoms with Gasteiger partial charge in [0.25, 0.3) is 0 Å². The molecule has 0 spiro atoms. The van der Waals surface area contributed by atoms with E-state index in [2.05, 4.69) is 9.50 Å². The number of nitrogens with one attached hydrogen (secondary N) is 1. The zero-order valence-corrected chi connectivity index (χ0v) is 14.8. The number of β-lactam (4-membered cyclic amide) rings is 1. The van der Waals surface area contributed by atoms with Gasteiger partial charge in [0.15, 0.2) is 0 Å². The molecule has 1 fully saturated rings. The lowest BCUT2D eigenvalue weighted by molar-refractivity contribution is -0.160. The van der Waals surface area contributed by atoms with Crippen LogP contribution in [0.3, 0.4) is 0 Å². The standard InChI is InChI=1S/C13H16N2O8S2/c1-6(23-25(20,21)22)10-8-5-9(24-4-3-14-7(2)16)11(13(18)19)15(8)12(10)17/h3-4,6,8,10H,5H2,1-2H3,(H,14,16)(H,18,19)(H,20,21,22)/t6-,8-,10-/m0/s1. The summed E-state index contributed by atoms with van der Waals surface area (Å²) in [7, 11) is -4.72. The molecule has 0 aromatic carbocycles. The van der Waals surface area contributed by atoms with Crippen molar-refractivity contribution in [1.29, 1.82) is 0 Å². The molecule has 0 saturated carbocycles. The van der Waals surface area contributed by atoms with E-state index in [1.54, 1.807) is 0 Å². The van der Waals surface area contributed by atoms with Gasteiger partial charge in [-0.2, -0.15) is 8.42 Å². The predicted octanol–water partition coefficient (Wildman–Crippen LogP) is 0.0617. The molecule has 10 nitrogen and oxygen atoms in total. The number of hydrogen-bond donors (Lipinski definition) is 3. The number of carboxylic acids is 1. The number of amides is 2. The van der Waals surface area contributed by atoms with Gasteiger partial charge in [-0.25, -0.2) is 8.98 Å². The summed E-state index contributed by atoms with van der Waals surface area (Å²) in [4.78, 5) is 36.0. The second-order valence-electron chi connectivity index (χ2n) is 5.43. The van der Waals surface area contributed by atoms with E-state index in [1.807, 2.05) is 0 Å². The fourth-order valence-electron chi connectivity index (χ4n) is 2.84. The first-order valence-electron chi connectivity index (χ1n) is 7.07. The van der Waals surface area contributed by atoms with Gasteiger partial charge in [0.2, 0.25) is 11.8 Å². The van der Waals surface area contributed by atoms with Crippen LogP contribution in [-0.4, -0.2) is 52.9 Å². The highest BCUT2D eigenvalue weighted by atomic mass is 32.3. The van der Waals surface area contributed by atoms with Crippen LogP contribution in [0.5, 0.6) is 0 Å². The third-order valence-electron chi connectivity index (χ3n) is 3.71. The van der Waals surface area contributed by atoms with Crippen molar-refractivity contribution in [2.45, 2.75) is 32.4 Å². The zero-order chi connectivity index (χ0) is 18.9. The molecule has 0 aliphatic carbocycles. The number of nitrogens with zero attached hydrogens (tertiary/aromatic N) is 1. The molecule has 2 amide bonds. The minimum absolute atomic E-state index is 0.178. The summed E-state index contributed by atoms with van der Waals surface area (Å²) in [6, 6.07) is -0.563. The second-order valence-corrected chi connectivity index (χ2v) is 7.48. The van der Waals surface area contributed by atoms with Crippen LogP contribution in [0.15, 0.2) is 22.2 Å². The van der Waals surface area contributed by atoms with Crippen LogP contribution in [0.2, 0.25) is 0 Å². The molecule has 0 bridgehead atoms. The van der Waals surface area contributed by atoms with Crippen molar-refractivity contribution in [3.05, 3.63) is 22.2 Å². The summed E-state index contributed by atoms with van der Waals surface area (Å²) in [5.41, 5.74) is -0.178. The number of carboxylic acid groups (broad SMARTS) is 1. The number of thioether (sulfide) groups is 1. The van der Waals surface area contributed by atoms with Crippen LogP contribution < -0.4 is 5.32 Å². The quantitative estimate of drug-likeness (QED) is 0.403. The summed E-state index contributed by atoms with van der Waals surface area (Å²) < 4.78 is 34.8. The van der Waals surface area contributed by atoms with E-state index in [-0.39, 0.29) is 18.0 Å². The molecule has 2 aliphatic rings. The van der Waals surface area contributed by atoms with E-state index in [1.165, 1.54) is 25.5 Å². The summed E-state index contributed by atoms with van der Waals surface area (Å²) in [5.74, 6) is -3.03. The Balaban J connectivity index is 2.14. The number of fused-ring (bicyclic) bond motifs is 1. The number of carbonyl (C=O) groups excluding carboxylic acids is 2. The minimum Gasteiger partial charge on any atom is -0.477 e. The summed E-state index contributed by atoms with van der Waals surface area (Å²) >= 11 is 1.04. The second kappa shape index (κ2) is 7.15. The van der Waals surface area contributed by atoms with Crippen LogP contribution in [0.1, 0.15) is 20.3 Å². The molecule has 2 rings (SSSR count). The van der Waals surface area contributed by atoms with Gasteiger partial charge in [0.1, 0.15) is 5.70 Å². The Morgan fingerprint density at radius 3 is 2.64 bits per heavy atom. The van der Waals surface area contributed by atoms with Crippen molar-refractivity contribution < 1.29 is 36.6 Å². The smallest absolute Gasteiger partial charge is 0.397 e. The van der Waals surface area contributed by atoms with Gasteiger partial charge in [0, 0.05) is 24.4 Å². The van der Waals surface area contributed by atoms with Crippen molar-refractivity contribution in [1.82, 2.24) is 10.2 Å². The molecule has 3 atom stereocenters. The maximum atomic E-state index is 12.2. The van der Waals surface area contributed by atoms with Gasteiger partial charge in [-0.3, -0.25) is 14.1 Å². The molecule has 3 N–H and O–H groups in total. The Morgan fingerprint density at radius 2 is 2.12 bits per heavy atom. The summed E-state index contributed by atoms with van der Waals surface area (Å²) in [6.45, 7) is 2.63. The fraction of sp³-hybridized carbons (Fsp3) is 0.462. The minimum atomic E-state index is -4.72. The first-order valence-corrected chi connectivity index (χ1v) is 9.31. The van der Waals surface area contributed by atoms with Crippen LogP contribution in [0, 0.1) is 5.92 Å². The fourth-order valence-corrected chi connectivity index (χ4v) is 4.21. The van der Waals surface area contributed by atoms with E-state index in [0.717, 1.165) is 16.7 Å². The van der Waals surface area contributed by atoms with Crippen molar-refractivity contribution >= 4 is 39.9 Å². The first kappa shape index (κ1) is 19.4. The molecule has 2 heterocycles. The number of aliphatic carboxylic acids is 1. The van der Waals surface area contributed by atoms with Gasteiger partial charge < -0.3 is 15.3 Å². The van der Waals surface area contributed by atoms with Crippen LogP contribution in [0.4, 0.5) is 0 Å². The zero-order valence-electron chi connectivity index (χ0n) is 13.2. The molecular formula is C13H16N2O8S2. The molecule has 1 saturated heterocycles. The average Bonchev–Trinajstić information content (AvgIpc) is 2.76. The average molecular weight is 392 g/mol. The Hall–Kier alpha value is -1.89. The Labute approximate surface area is 147 Å². The largest absolute Gasteiger partial charge is 0.477 e. The first-order chi connectivity index (χ1) is 11.5. The van der Waals surface area contributed by atoms with E-state index in [0.29, 0.717) is 4.91 Å². The molecule has 0 radical (unpaired) electrons. The third-order valence-corrected chi connectivity index (χ3v) is 5.18. The van der Waals surface area contributed by atoms with Gasteiger partial charge in [-0.05, 0) is 12.3 Å². The molecule has 0 unspecified atom stereocenters. The summed E-state index contributed by atoms with van der Waals surface area (Å²) in [6.07, 6.45) is 0.420. The van der Waals surface area contributed by atoms with E-state index in [4.69, 9.17) is 4.55 Å². The summed E-state index contributed by atoms with van der Waals surface area (Å²) in [5, 5.41) is 13.2. The maximum absolute atomic E-state index is 12.2. The normalized spacial score (nSPS) is 24.3. The van der Waals surface area contributed by atoms with Crippen LogP contribution >= 0.6 is 11.8 Å². The van der Waals surface area contributed by atoms with Gasteiger partial charge in [0.05, 0.1) is 18.1 Å². The molecular weight excluding hydrogens is 376 g/mol. The molecule has 25 heavy (non-hydrogen) atoms. The molecule has 138 valence electrons. The van der Waals surface area contributed by atoms with Crippen molar-refractivity contribution in [2.24, 2.45) is 5.92 Å². The lowest BCUT2D eigenvalue weighted by Gasteiger charge is -2.45. The third kappa shape index (κ3) is 4.21. The Morgan fingerprint density at radius 1 is 1.48 bits per heavy atom. The Bertz CT molecular complexity index is 773. The van der Waals surface area contributed by atoms with Gasteiger partial charge in [-0.15, -0.1) is 0 Å². The number of rotatable bonds is 7. The van der Waals surface area contributed by atoms with Crippen LogP contribution in [-0.2, 0) is 29.0 Å². The highest BCUT2D eigenvalue weighted by Crippen LogP contribution is 2.47. The van der Waals surface area contributed by atoms with Crippen molar-refractivity contribution in [2.75, 3.05) is 0 Å².